The average molecular weight is 387 g/mol. The van der Waals surface area contributed by atoms with Crippen LogP contribution in [-0.4, -0.2) is 26.4 Å². The summed E-state index contributed by atoms with van der Waals surface area (Å²) in [6, 6.07) is 15.6. The molecule has 3 rings (SSSR count). The summed E-state index contributed by atoms with van der Waals surface area (Å²) in [5.41, 5.74) is 3.10. The molecule has 0 atom stereocenters. The van der Waals surface area contributed by atoms with E-state index in [4.69, 9.17) is 11.6 Å². The highest BCUT2D eigenvalue weighted by Gasteiger charge is 2.14. The molecule has 0 spiro atoms. The van der Waals surface area contributed by atoms with Gasteiger partial charge in [0.05, 0.1) is 10.8 Å². The van der Waals surface area contributed by atoms with Crippen LogP contribution in [0.2, 0.25) is 5.02 Å². The summed E-state index contributed by atoms with van der Waals surface area (Å²) in [7, 11) is 1.87. The van der Waals surface area contributed by atoms with E-state index in [1.54, 1.807) is 0 Å². The number of nitrogens with zero attached hydrogens (tertiary/aromatic N) is 3. The van der Waals surface area contributed by atoms with E-state index in [0.717, 1.165) is 11.1 Å². The number of aromatic nitrogens is 3. The predicted octanol–water partition coefficient (Wildman–Crippen LogP) is 3.85. The fourth-order valence-corrected chi connectivity index (χ4v) is 3.37. The second-order valence-corrected chi connectivity index (χ2v) is 7.25. The predicted molar refractivity (Wildman–Crippen MR) is 105 cm³/mol. The highest BCUT2D eigenvalue weighted by Crippen LogP contribution is 2.28. The Labute approximate surface area is 161 Å². The van der Waals surface area contributed by atoms with Crippen LogP contribution >= 0.6 is 23.4 Å². The third-order valence-corrected chi connectivity index (χ3v) is 5.24. The van der Waals surface area contributed by atoms with E-state index >= 15 is 0 Å². The fraction of sp³-hybridized carbons (Fsp3) is 0.211. The van der Waals surface area contributed by atoms with Gasteiger partial charge in [0.2, 0.25) is 5.91 Å². The molecule has 26 heavy (non-hydrogen) atoms. The van der Waals surface area contributed by atoms with Crippen molar-refractivity contribution in [3.63, 3.8) is 0 Å². The molecule has 1 N–H and O–H groups in total. The smallest absolute Gasteiger partial charge is 0.230 e. The maximum atomic E-state index is 12.1. The molecule has 0 aliphatic rings. The Morgan fingerprint density at radius 2 is 1.88 bits per heavy atom. The number of benzene rings is 2. The SMILES string of the molecule is Cc1ccc(CNC(=O)CSc2nnc(-c3ccccc3Cl)n2C)cc1. The van der Waals surface area contributed by atoms with Gasteiger partial charge in [-0.2, -0.15) is 0 Å². The normalized spacial score (nSPS) is 10.7. The number of hydrogen-bond acceptors (Lipinski definition) is 4. The molecule has 0 aliphatic heterocycles. The van der Waals surface area contributed by atoms with Gasteiger partial charge in [-0.3, -0.25) is 4.79 Å². The van der Waals surface area contributed by atoms with Gasteiger partial charge in [-0.15, -0.1) is 10.2 Å². The van der Waals surface area contributed by atoms with Crippen molar-refractivity contribution in [2.24, 2.45) is 7.05 Å². The van der Waals surface area contributed by atoms with Gasteiger partial charge in [0, 0.05) is 19.2 Å². The van der Waals surface area contributed by atoms with Crippen LogP contribution in [0.5, 0.6) is 0 Å². The van der Waals surface area contributed by atoms with E-state index in [2.05, 4.69) is 15.5 Å². The Balaban J connectivity index is 1.57. The van der Waals surface area contributed by atoms with Gasteiger partial charge in [-0.1, -0.05) is 65.3 Å². The van der Waals surface area contributed by atoms with E-state index in [0.29, 0.717) is 22.5 Å². The van der Waals surface area contributed by atoms with Crippen LogP contribution in [0.3, 0.4) is 0 Å². The van der Waals surface area contributed by atoms with Crippen molar-refractivity contribution in [1.29, 1.82) is 0 Å². The zero-order chi connectivity index (χ0) is 18.5. The van der Waals surface area contributed by atoms with E-state index in [1.165, 1.54) is 17.3 Å². The van der Waals surface area contributed by atoms with Crippen LogP contribution < -0.4 is 5.32 Å². The van der Waals surface area contributed by atoms with Crippen LogP contribution in [0, 0.1) is 6.92 Å². The third-order valence-electron chi connectivity index (χ3n) is 3.89. The molecule has 5 nitrogen and oxygen atoms in total. The molecular weight excluding hydrogens is 368 g/mol. The van der Waals surface area contributed by atoms with Crippen LogP contribution in [-0.2, 0) is 18.4 Å². The Bertz CT molecular complexity index is 908. The summed E-state index contributed by atoms with van der Waals surface area (Å²) in [6.07, 6.45) is 0. The Morgan fingerprint density at radius 1 is 1.15 bits per heavy atom. The molecule has 1 heterocycles. The number of amides is 1. The molecule has 0 unspecified atom stereocenters. The summed E-state index contributed by atoms with van der Waals surface area (Å²) in [5, 5.41) is 12.6. The number of carbonyl (C=O) groups excluding carboxylic acids is 1. The number of aryl methyl sites for hydroxylation is 1. The van der Waals surface area contributed by atoms with E-state index in [-0.39, 0.29) is 11.7 Å². The highest BCUT2D eigenvalue weighted by molar-refractivity contribution is 7.99. The topological polar surface area (TPSA) is 59.8 Å². The number of carbonyl (C=O) groups is 1. The van der Waals surface area contributed by atoms with Crippen LogP contribution in [0.1, 0.15) is 11.1 Å². The minimum Gasteiger partial charge on any atom is -0.351 e. The molecule has 1 aromatic heterocycles. The molecule has 2 aromatic carbocycles. The zero-order valence-corrected chi connectivity index (χ0v) is 16.1. The molecule has 0 saturated carbocycles. The monoisotopic (exact) mass is 386 g/mol. The molecule has 134 valence electrons. The third kappa shape index (κ3) is 4.45. The Kier molecular flexibility index (Phi) is 5.96. The van der Waals surface area contributed by atoms with Gasteiger partial charge in [0.1, 0.15) is 0 Å². The molecule has 0 bridgehead atoms. The van der Waals surface area contributed by atoms with E-state index < -0.39 is 0 Å². The van der Waals surface area contributed by atoms with E-state index in [9.17, 15) is 4.79 Å². The minimum atomic E-state index is -0.0436. The largest absolute Gasteiger partial charge is 0.351 e. The quantitative estimate of drug-likeness (QED) is 0.653. The molecule has 0 radical (unpaired) electrons. The lowest BCUT2D eigenvalue weighted by Crippen LogP contribution is -2.24. The van der Waals surface area contributed by atoms with Gasteiger partial charge in [0.15, 0.2) is 11.0 Å². The molecule has 0 saturated heterocycles. The molecule has 0 fully saturated rings. The van der Waals surface area contributed by atoms with E-state index in [1.807, 2.05) is 67.1 Å². The fourth-order valence-electron chi connectivity index (χ4n) is 2.41. The van der Waals surface area contributed by atoms with Crippen LogP contribution in [0.15, 0.2) is 53.7 Å². The first-order chi connectivity index (χ1) is 12.5. The van der Waals surface area contributed by atoms with Gasteiger partial charge in [-0.25, -0.2) is 0 Å². The molecule has 7 heteroatoms. The number of thioether (sulfide) groups is 1. The van der Waals surface area contributed by atoms with Crippen molar-refractivity contribution < 1.29 is 4.79 Å². The van der Waals surface area contributed by atoms with Crippen molar-refractivity contribution in [1.82, 2.24) is 20.1 Å². The zero-order valence-electron chi connectivity index (χ0n) is 14.6. The summed E-state index contributed by atoms with van der Waals surface area (Å²) in [5.74, 6) is 0.913. The maximum Gasteiger partial charge on any atom is 0.230 e. The summed E-state index contributed by atoms with van der Waals surface area (Å²) in [4.78, 5) is 12.1. The Hall–Kier alpha value is -2.31. The second kappa shape index (κ2) is 8.38. The van der Waals surface area contributed by atoms with Gasteiger partial charge >= 0.3 is 0 Å². The van der Waals surface area contributed by atoms with Crippen LogP contribution in [0.25, 0.3) is 11.4 Å². The average Bonchev–Trinajstić information content (AvgIpc) is 3.00. The number of rotatable bonds is 6. The highest BCUT2D eigenvalue weighted by atomic mass is 35.5. The summed E-state index contributed by atoms with van der Waals surface area (Å²) < 4.78 is 1.85. The van der Waals surface area contributed by atoms with Crippen molar-refractivity contribution in [3.05, 3.63) is 64.7 Å². The van der Waals surface area contributed by atoms with Crippen molar-refractivity contribution in [3.8, 4) is 11.4 Å². The van der Waals surface area contributed by atoms with Crippen molar-refractivity contribution >= 4 is 29.3 Å². The van der Waals surface area contributed by atoms with Gasteiger partial charge in [0.25, 0.3) is 0 Å². The number of halogens is 1. The van der Waals surface area contributed by atoms with Crippen molar-refractivity contribution in [2.45, 2.75) is 18.6 Å². The first-order valence-electron chi connectivity index (χ1n) is 8.14. The number of nitrogens with one attached hydrogen (secondary N) is 1. The lowest BCUT2D eigenvalue weighted by Gasteiger charge is -2.07. The maximum absolute atomic E-state index is 12.1. The molecule has 1 amide bonds. The lowest BCUT2D eigenvalue weighted by molar-refractivity contribution is -0.118. The van der Waals surface area contributed by atoms with Crippen molar-refractivity contribution in [2.75, 3.05) is 5.75 Å². The lowest BCUT2D eigenvalue weighted by atomic mass is 10.1. The van der Waals surface area contributed by atoms with Crippen LogP contribution in [0.4, 0.5) is 0 Å². The van der Waals surface area contributed by atoms with Gasteiger partial charge < -0.3 is 9.88 Å². The second-order valence-electron chi connectivity index (χ2n) is 5.90. The standard InChI is InChI=1S/C19H19ClN4OS/c1-13-7-9-14(10-8-13)11-21-17(25)12-26-19-23-22-18(24(19)2)15-5-3-4-6-16(15)20/h3-10H,11-12H2,1-2H3,(H,21,25). The van der Waals surface area contributed by atoms with Gasteiger partial charge in [-0.05, 0) is 24.6 Å². The summed E-state index contributed by atoms with van der Waals surface area (Å²) >= 11 is 7.57. The first kappa shape index (κ1) is 18.5. The molecular formula is C19H19ClN4OS. The number of hydrogen-bond donors (Lipinski definition) is 1. The Morgan fingerprint density at radius 3 is 2.62 bits per heavy atom. The minimum absolute atomic E-state index is 0.0436. The first-order valence-corrected chi connectivity index (χ1v) is 9.50. The summed E-state index contributed by atoms with van der Waals surface area (Å²) in [6.45, 7) is 2.56. The molecule has 0 aliphatic carbocycles. The molecule has 3 aromatic rings.